The second-order valence-corrected chi connectivity index (χ2v) is 6.19. The van der Waals surface area contributed by atoms with Crippen LogP contribution in [0.2, 0.25) is 0 Å². The van der Waals surface area contributed by atoms with Gasteiger partial charge in [-0.25, -0.2) is 0 Å². The third-order valence-corrected chi connectivity index (χ3v) is 4.89. The van der Waals surface area contributed by atoms with E-state index >= 15 is 0 Å². The van der Waals surface area contributed by atoms with E-state index in [0.717, 1.165) is 6.42 Å². The fourth-order valence-corrected chi connectivity index (χ4v) is 3.81. The predicted molar refractivity (Wildman–Crippen MR) is 76.2 cm³/mol. The largest absolute Gasteiger partial charge is 0.396 e. The maximum atomic E-state index is 9.64. The Balaban J connectivity index is 1.61. The molecule has 1 aliphatic carbocycles. The molecule has 1 spiro atoms. The molecule has 1 aromatic carbocycles. The lowest BCUT2D eigenvalue weighted by atomic mass is 9.92. The highest BCUT2D eigenvalue weighted by Gasteiger charge is 2.42. The van der Waals surface area contributed by atoms with Crippen LogP contribution in [0.4, 0.5) is 0 Å². The Labute approximate surface area is 115 Å². The van der Waals surface area contributed by atoms with Crippen molar-refractivity contribution in [3.63, 3.8) is 0 Å². The van der Waals surface area contributed by atoms with Crippen molar-refractivity contribution < 1.29 is 9.84 Å². The van der Waals surface area contributed by atoms with Crippen LogP contribution in [0.25, 0.3) is 0 Å². The predicted octanol–water partition coefficient (Wildman–Crippen LogP) is 3.64. The zero-order valence-electron chi connectivity index (χ0n) is 11.6. The van der Waals surface area contributed by atoms with Gasteiger partial charge in [0.15, 0.2) is 0 Å². The Kier molecular flexibility index (Phi) is 3.90. The first-order valence-corrected chi connectivity index (χ1v) is 7.65. The van der Waals surface area contributed by atoms with Gasteiger partial charge in [0.05, 0.1) is 18.3 Å². The lowest BCUT2D eigenvalue weighted by molar-refractivity contribution is -0.0427. The molecule has 2 atom stereocenters. The lowest BCUT2D eigenvalue weighted by Crippen LogP contribution is -2.25. The first-order valence-electron chi connectivity index (χ1n) is 7.65. The van der Waals surface area contributed by atoms with Gasteiger partial charge in [0.25, 0.3) is 0 Å². The van der Waals surface area contributed by atoms with Crippen molar-refractivity contribution in [2.75, 3.05) is 6.61 Å². The molecular weight excluding hydrogens is 236 g/mol. The number of aliphatic hydroxyl groups is 1. The molecule has 1 N–H and O–H groups in total. The standard InChI is InChI=1S/C17H24O2/c18-13-15(14-6-2-1-3-7-14)12-16-8-11-17(19-16)9-4-5-10-17/h1-3,6-7,15-16,18H,4-5,8-13H2. The Bertz CT molecular complexity index is 395. The zero-order chi connectivity index (χ0) is 13.1. The number of benzene rings is 1. The topological polar surface area (TPSA) is 29.5 Å². The molecule has 0 amide bonds. The molecule has 2 nitrogen and oxygen atoms in total. The summed E-state index contributed by atoms with van der Waals surface area (Å²) >= 11 is 0. The van der Waals surface area contributed by atoms with E-state index in [4.69, 9.17) is 4.74 Å². The van der Waals surface area contributed by atoms with Crippen LogP contribution in [-0.2, 0) is 4.74 Å². The van der Waals surface area contributed by atoms with Gasteiger partial charge in [-0.15, -0.1) is 0 Å². The van der Waals surface area contributed by atoms with Crippen LogP contribution in [0.5, 0.6) is 0 Å². The molecule has 2 heteroatoms. The molecule has 1 saturated carbocycles. The molecule has 19 heavy (non-hydrogen) atoms. The Hall–Kier alpha value is -0.860. The van der Waals surface area contributed by atoms with Gasteiger partial charge in [0.2, 0.25) is 0 Å². The van der Waals surface area contributed by atoms with E-state index in [-0.39, 0.29) is 18.1 Å². The lowest BCUT2D eigenvalue weighted by Gasteiger charge is -2.25. The molecule has 1 aromatic rings. The Morgan fingerprint density at radius 1 is 1.16 bits per heavy atom. The van der Waals surface area contributed by atoms with Gasteiger partial charge in [-0.3, -0.25) is 0 Å². The number of rotatable bonds is 4. The van der Waals surface area contributed by atoms with Gasteiger partial charge in [-0.1, -0.05) is 43.2 Å². The van der Waals surface area contributed by atoms with Crippen LogP contribution in [-0.4, -0.2) is 23.4 Å². The average Bonchev–Trinajstić information content (AvgIpc) is 3.08. The molecule has 1 heterocycles. The van der Waals surface area contributed by atoms with E-state index in [9.17, 15) is 5.11 Å². The first kappa shape index (κ1) is 13.1. The van der Waals surface area contributed by atoms with Crippen molar-refractivity contribution in [1.29, 1.82) is 0 Å². The van der Waals surface area contributed by atoms with Crippen LogP contribution in [0.1, 0.15) is 56.4 Å². The van der Waals surface area contributed by atoms with Crippen molar-refractivity contribution in [2.24, 2.45) is 0 Å². The van der Waals surface area contributed by atoms with Crippen LogP contribution >= 0.6 is 0 Å². The van der Waals surface area contributed by atoms with E-state index in [0.29, 0.717) is 6.10 Å². The second kappa shape index (κ2) is 5.64. The Morgan fingerprint density at radius 2 is 1.89 bits per heavy atom. The van der Waals surface area contributed by atoms with Gasteiger partial charge < -0.3 is 9.84 Å². The minimum Gasteiger partial charge on any atom is -0.396 e. The summed E-state index contributed by atoms with van der Waals surface area (Å²) in [6.45, 7) is 0.219. The summed E-state index contributed by atoms with van der Waals surface area (Å²) in [5, 5.41) is 9.64. The molecule has 1 saturated heterocycles. The molecule has 3 rings (SSSR count). The molecule has 104 valence electrons. The van der Waals surface area contributed by atoms with Crippen molar-refractivity contribution in [2.45, 2.75) is 62.6 Å². The monoisotopic (exact) mass is 260 g/mol. The van der Waals surface area contributed by atoms with E-state index in [2.05, 4.69) is 12.1 Å². The maximum Gasteiger partial charge on any atom is 0.0687 e. The van der Waals surface area contributed by atoms with Crippen LogP contribution < -0.4 is 0 Å². The van der Waals surface area contributed by atoms with Gasteiger partial charge >= 0.3 is 0 Å². The number of ether oxygens (including phenoxy) is 1. The summed E-state index contributed by atoms with van der Waals surface area (Å²) in [7, 11) is 0. The SMILES string of the molecule is OCC(CC1CCC2(CCCC2)O1)c1ccccc1. The molecule has 2 unspecified atom stereocenters. The van der Waals surface area contributed by atoms with Crippen molar-refractivity contribution >= 4 is 0 Å². The molecule has 1 aliphatic heterocycles. The van der Waals surface area contributed by atoms with E-state index in [1.54, 1.807) is 0 Å². The third-order valence-electron chi connectivity index (χ3n) is 4.89. The molecular formula is C17H24O2. The van der Waals surface area contributed by atoms with Crippen LogP contribution in [0, 0.1) is 0 Å². The van der Waals surface area contributed by atoms with Crippen molar-refractivity contribution in [3.8, 4) is 0 Å². The summed E-state index contributed by atoms with van der Waals surface area (Å²) in [5.41, 5.74) is 1.45. The van der Waals surface area contributed by atoms with Gasteiger partial charge in [-0.2, -0.15) is 0 Å². The molecule has 2 aliphatic rings. The smallest absolute Gasteiger partial charge is 0.0687 e. The second-order valence-electron chi connectivity index (χ2n) is 6.19. The summed E-state index contributed by atoms with van der Waals surface area (Å²) in [4.78, 5) is 0. The number of aliphatic hydroxyl groups excluding tert-OH is 1. The minimum atomic E-state index is 0.210. The normalized spacial score (nSPS) is 26.9. The zero-order valence-corrected chi connectivity index (χ0v) is 11.6. The van der Waals surface area contributed by atoms with Crippen LogP contribution in [0.15, 0.2) is 30.3 Å². The van der Waals surface area contributed by atoms with Gasteiger partial charge in [-0.05, 0) is 37.7 Å². The van der Waals surface area contributed by atoms with Gasteiger partial charge in [0.1, 0.15) is 0 Å². The summed E-state index contributed by atoms with van der Waals surface area (Å²) in [6.07, 6.45) is 8.85. The maximum absolute atomic E-state index is 9.64. The minimum absolute atomic E-state index is 0.210. The van der Waals surface area contributed by atoms with Crippen molar-refractivity contribution in [3.05, 3.63) is 35.9 Å². The molecule has 0 bridgehead atoms. The highest BCUT2D eigenvalue weighted by atomic mass is 16.5. The summed E-state index contributed by atoms with van der Waals surface area (Å²) < 4.78 is 6.35. The first-order chi connectivity index (χ1) is 9.31. The van der Waals surface area contributed by atoms with Crippen LogP contribution in [0.3, 0.4) is 0 Å². The summed E-state index contributed by atoms with van der Waals surface area (Å²) in [5.74, 6) is 0.225. The molecule has 0 radical (unpaired) electrons. The quantitative estimate of drug-likeness (QED) is 0.895. The highest BCUT2D eigenvalue weighted by molar-refractivity contribution is 5.19. The highest BCUT2D eigenvalue weighted by Crippen LogP contribution is 2.45. The van der Waals surface area contributed by atoms with Crippen molar-refractivity contribution in [1.82, 2.24) is 0 Å². The van der Waals surface area contributed by atoms with Gasteiger partial charge in [0, 0.05) is 5.92 Å². The summed E-state index contributed by atoms with van der Waals surface area (Å²) in [6, 6.07) is 10.3. The van der Waals surface area contributed by atoms with E-state index < -0.39 is 0 Å². The third kappa shape index (κ3) is 2.85. The average molecular weight is 260 g/mol. The van der Waals surface area contributed by atoms with E-state index in [1.165, 1.54) is 44.1 Å². The Morgan fingerprint density at radius 3 is 2.58 bits per heavy atom. The van der Waals surface area contributed by atoms with E-state index in [1.807, 2.05) is 18.2 Å². The molecule has 0 aromatic heterocycles. The molecule has 2 fully saturated rings. The fourth-order valence-electron chi connectivity index (χ4n) is 3.81. The number of hydrogen-bond acceptors (Lipinski definition) is 2. The number of hydrogen-bond donors (Lipinski definition) is 1. The fraction of sp³-hybridized carbons (Fsp3) is 0.647.